The highest BCUT2D eigenvalue weighted by Gasteiger charge is 2.25. The molecule has 0 aliphatic heterocycles. The maximum Gasteiger partial charge on any atom is 0.335 e. The molecule has 0 heterocycles. The fourth-order valence-corrected chi connectivity index (χ4v) is 3.69. The first-order valence-electron chi connectivity index (χ1n) is 11.6. The zero-order valence-electron chi connectivity index (χ0n) is 20.5. The van der Waals surface area contributed by atoms with Gasteiger partial charge in [0.25, 0.3) is 5.91 Å². The number of aryl methyl sites for hydroxylation is 1. The molecular weight excluding hydrogens is 494 g/mol. The third kappa shape index (κ3) is 7.98. The van der Waals surface area contributed by atoms with E-state index in [-0.39, 0.29) is 25.2 Å². The molecule has 38 heavy (non-hydrogen) atoms. The Kier molecular flexibility index (Phi) is 9.68. The molecule has 9 heteroatoms. The number of hydrogen-bond acceptors (Lipinski definition) is 4. The number of ether oxygens (including phenoxy) is 1. The zero-order chi connectivity index (χ0) is 27.7. The molecule has 0 aliphatic carbocycles. The second kappa shape index (κ2) is 13.1. The Balaban J connectivity index is 1.69. The van der Waals surface area contributed by atoms with E-state index in [1.807, 2.05) is 19.1 Å². The number of rotatable bonds is 11. The predicted octanol–water partition coefficient (Wildman–Crippen LogP) is 3.65. The Morgan fingerprint density at radius 3 is 2.42 bits per heavy atom. The summed E-state index contributed by atoms with van der Waals surface area (Å²) in [7, 11) is 0. The number of carboxylic acid groups (broad SMARTS) is 1. The van der Waals surface area contributed by atoms with E-state index in [0.717, 1.165) is 23.3 Å². The summed E-state index contributed by atoms with van der Waals surface area (Å²) >= 11 is 0. The van der Waals surface area contributed by atoms with E-state index < -0.39 is 47.1 Å². The van der Waals surface area contributed by atoms with Crippen molar-refractivity contribution >= 4 is 17.8 Å². The fourth-order valence-electron chi connectivity index (χ4n) is 3.69. The van der Waals surface area contributed by atoms with Crippen LogP contribution in [-0.2, 0) is 22.6 Å². The molecule has 0 aliphatic rings. The summed E-state index contributed by atoms with van der Waals surface area (Å²) in [6.07, 6.45) is 5.65. The van der Waals surface area contributed by atoms with Gasteiger partial charge in [0.05, 0.1) is 24.3 Å². The molecule has 3 rings (SSSR count). The Labute approximate surface area is 218 Å². The minimum absolute atomic E-state index is 0.0580. The van der Waals surface area contributed by atoms with Crippen LogP contribution < -0.4 is 10.6 Å². The van der Waals surface area contributed by atoms with Gasteiger partial charge in [0, 0.05) is 12.5 Å². The van der Waals surface area contributed by atoms with Crippen LogP contribution >= 0.6 is 0 Å². The van der Waals surface area contributed by atoms with Crippen LogP contribution in [0.25, 0.3) is 0 Å². The summed E-state index contributed by atoms with van der Waals surface area (Å²) < 4.78 is 33.0. The van der Waals surface area contributed by atoms with Crippen LogP contribution in [0.5, 0.6) is 0 Å². The van der Waals surface area contributed by atoms with Crippen molar-refractivity contribution in [2.45, 2.75) is 32.0 Å². The number of benzene rings is 3. The van der Waals surface area contributed by atoms with Crippen LogP contribution in [0.1, 0.15) is 37.4 Å². The normalized spacial score (nSPS) is 12.2. The third-order valence-corrected chi connectivity index (χ3v) is 5.56. The molecule has 3 aromatic carbocycles. The minimum Gasteiger partial charge on any atom is -0.478 e. The monoisotopic (exact) mass is 520 g/mol. The van der Waals surface area contributed by atoms with Crippen molar-refractivity contribution in [3.8, 4) is 12.3 Å². The number of terminal acetylenes is 1. The molecule has 3 aromatic rings. The van der Waals surface area contributed by atoms with E-state index >= 15 is 0 Å². The molecule has 196 valence electrons. The van der Waals surface area contributed by atoms with Crippen LogP contribution in [0.4, 0.5) is 8.78 Å². The standard InChI is InChI=1S/C29H26F2N2O5/c1-3-23(17-38-16-20-8-5-9-21(13-20)29(36)37)32-28(35)26(14-19-7-4-6-18(2)12-19)33-27(34)24-11-10-22(30)15-25(24)31/h1,4-13,15,23,26H,14,16-17H2,2H3,(H,32,35)(H,33,34)(H,36,37)/t23-,26+/m1/s1. The molecule has 3 N–H and O–H groups in total. The molecule has 2 atom stereocenters. The van der Waals surface area contributed by atoms with Crippen LogP contribution in [0.3, 0.4) is 0 Å². The second-order valence-electron chi connectivity index (χ2n) is 8.59. The molecule has 0 radical (unpaired) electrons. The summed E-state index contributed by atoms with van der Waals surface area (Å²) in [4.78, 5) is 37.0. The van der Waals surface area contributed by atoms with Gasteiger partial charge in [-0.2, -0.15) is 0 Å². The molecule has 0 aromatic heterocycles. The topological polar surface area (TPSA) is 105 Å². The molecule has 2 amide bonds. The third-order valence-electron chi connectivity index (χ3n) is 5.56. The summed E-state index contributed by atoms with van der Waals surface area (Å²) in [6, 6.07) is 14.0. The number of carbonyl (C=O) groups is 3. The highest BCUT2D eigenvalue weighted by molar-refractivity contribution is 5.98. The number of carbonyl (C=O) groups excluding carboxylic acids is 2. The zero-order valence-corrected chi connectivity index (χ0v) is 20.5. The SMILES string of the molecule is C#C[C@H](COCc1cccc(C(=O)O)c1)NC(=O)[C@H](Cc1cccc(C)c1)NC(=O)c1ccc(F)cc1F. The maximum atomic E-state index is 14.2. The number of nitrogens with one attached hydrogen (secondary N) is 2. The molecule has 0 saturated carbocycles. The van der Waals surface area contributed by atoms with Crippen molar-refractivity contribution in [2.75, 3.05) is 6.61 Å². The Morgan fingerprint density at radius 2 is 1.74 bits per heavy atom. The smallest absolute Gasteiger partial charge is 0.335 e. The van der Waals surface area contributed by atoms with Gasteiger partial charge in [-0.15, -0.1) is 6.42 Å². The van der Waals surface area contributed by atoms with Crippen molar-refractivity contribution in [1.29, 1.82) is 0 Å². The molecule has 0 unspecified atom stereocenters. The van der Waals surface area contributed by atoms with Gasteiger partial charge in [-0.1, -0.05) is 47.9 Å². The van der Waals surface area contributed by atoms with Crippen molar-refractivity contribution in [3.05, 3.63) is 106 Å². The van der Waals surface area contributed by atoms with Gasteiger partial charge in [-0.25, -0.2) is 13.6 Å². The number of halogens is 2. The minimum atomic E-state index is -1.13. The van der Waals surface area contributed by atoms with Crippen molar-refractivity contribution in [3.63, 3.8) is 0 Å². The van der Waals surface area contributed by atoms with Crippen LogP contribution in [-0.4, -0.2) is 41.6 Å². The highest BCUT2D eigenvalue weighted by atomic mass is 19.1. The van der Waals surface area contributed by atoms with E-state index in [4.69, 9.17) is 16.3 Å². The number of hydrogen-bond donors (Lipinski definition) is 3. The van der Waals surface area contributed by atoms with Gasteiger partial charge in [0.2, 0.25) is 5.91 Å². The lowest BCUT2D eigenvalue weighted by atomic mass is 10.0. The fraction of sp³-hybridized carbons (Fsp3) is 0.207. The van der Waals surface area contributed by atoms with Crippen LogP contribution in [0.15, 0.2) is 66.7 Å². The Hall–Kier alpha value is -4.55. The van der Waals surface area contributed by atoms with E-state index in [1.54, 1.807) is 24.3 Å². The van der Waals surface area contributed by atoms with Crippen molar-refractivity contribution in [1.82, 2.24) is 10.6 Å². The van der Waals surface area contributed by atoms with Gasteiger partial charge < -0.3 is 20.5 Å². The first kappa shape index (κ1) is 28.0. The molecule has 7 nitrogen and oxygen atoms in total. The van der Waals surface area contributed by atoms with Crippen LogP contribution in [0, 0.1) is 30.9 Å². The van der Waals surface area contributed by atoms with E-state index in [1.165, 1.54) is 12.1 Å². The summed E-state index contributed by atoms with van der Waals surface area (Å²) in [5.74, 6) is -2.06. The molecule has 0 bridgehead atoms. The predicted molar refractivity (Wildman–Crippen MR) is 136 cm³/mol. The van der Waals surface area contributed by atoms with Gasteiger partial charge >= 0.3 is 5.97 Å². The lowest BCUT2D eigenvalue weighted by molar-refractivity contribution is -0.123. The van der Waals surface area contributed by atoms with Crippen LogP contribution in [0.2, 0.25) is 0 Å². The van der Waals surface area contributed by atoms with Gasteiger partial charge in [-0.3, -0.25) is 9.59 Å². The quantitative estimate of drug-likeness (QED) is 0.335. The van der Waals surface area contributed by atoms with E-state index in [9.17, 15) is 23.2 Å². The Bertz CT molecular complexity index is 1370. The van der Waals surface area contributed by atoms with E-state index in [0.29, 0.717) is 11.6 Å². The molecular formula is C29H26F2N2O5. The van der Waals surface area contributed by atoms with Crippen molar-refractivity contribution in [2.24, 2.45) is 0 Å². The largest absolute Gasteiger partial charge is 0.478 e. The second-order valence-corrected chi connectivity index (χ2v) is 8.59. The lowest BCUT2D eigenvalue weighted by Gasteiger charge is -2.21. The summed E-state index contributed by atoms with van der Waals surface area (Å²) in [5.41, 5.74) is 2.00. The van der Waals surface area contributed by atoms with Gasteiger partial charge in [0.1, 0.15) is 23.7 Å². The van der Waals surface area contributed by atoms with Crippen molar-refractivity contribution < 1.29 is 33.0 Å². The molecule has 0 fully saturated rings. The number of aromatic carboxylic acids is 1. The number of amides is 2. The lowest BCUT2D eigenvalue weighted by Crippen LogP contribution is -2.51. The van der Waals surface area contributed by atoms with Gasteiger partial charge in [0.15, 0.2) is 0 Å². The maximum absolute atomic E-state index is 14.2. The van der Waals surface area contributed by atoms with E-state index in [2.05, 4.69) is 16.6 Å². The average Bonchev–Trinajstić information content (AvgIpc) is 2.87. The average molecular weight is 521 g/mol. The summed E-state index contributed by atoms with van der Waals surface area (Å²) in [5, 5.41) is 14.3. The Morgan fingerprint density at radius 1 is 1.00 bits per heavy atom. The summed E-state index contributed by atoms with van der Waals surface area (Å²) in [6.45, 7) is 1.85. The first-order valence-corrected chi connectivity index (χ1v) is 11.6. The van der Waals surface area contributed by atoms with Gasteiger partial charge in [-0.05, 0) is 42.3 Å². The molecule has 0 saturated heterocycles. The molecule has 0 spiro atoms. The first-order chi connectivity index (χ1) is 18.2. The number of carboxylic acids is 1. The highest BCUT2D eigenvalue weighted by Crippen LogP contribution is 2.12.